The minimum Gasteiger partial charge on any atom is -0.370 e. The maximum absolute atomic E-state index is 15.3. The van der Waals surface area contributed by atoms with Gasteiger partial charge in [-0.2, -0.15) is 4.39 Å². The summed E-state index contributed by atoms with van der Waals surface area (Å²) in [6.45, 7) is 6.03. The van der Waals surface area contributed by atoms with E-state index in [1.165, 1.54) is 31.0 Å². The summed E-state index contributed by atoms with van der Waals surface area (Å²) in [7, 11) is -4.52. The molecule has 0 saturated carbocycles. The predicted molar refractivity (Wildman–Crippen MR) is 131 cm³/mol. The molecule has 3 saturated heterocycles. The summed E-state index contributed by atoms with van der Waals surface area (Å²) < 4.78 is 62.5. The van der Waals surface area contributed by atoms with Crippen LogP contribution in [0.3, 0.4) is 0 Å². The maximum Gasteiger partial charge on any atom is 0.267 e. The number of hydrogen-bond donors (Lipinski definition) is 1. The number of benzene rings is 1. The lowest BCUT2D eigenvalue weighted by Gasteiger charge is -2.54. The number of pyridine rings is 1. The number of rotatable bonds is 5. The van der Waals surface area contributed by atoms with Crippen molar-refractivity contribution in [3.05, 3.63) is 46.1 Å². The number of ether oxygens (including phenoxy) is 1. The molecule has 0 radical (unpaired) electrons. The molecular weight excluding hydrogens is 521 g/mol. The Kier molecular flexibility index (Phi) is 6.63. The molecule has 1 N–H and O–H groups in total. The van der Waals surface area contributed by atoms with Crippen LogP contribution in [-0.2, 0) is 14.8 Å². The van der Waals surface area contributed by atoms with E-state index < -0.39 is 26.7 Å². The van der Waals surface area contributed by atoms with Crippen LogP contribution in [0.5, 0.6) is 0 Å². The predicted octanol–water partition coefficient (Wildman–Crippen LogP) is 4.55. The minimum atomic E-state index is -4.52. The molecule has 3 aliphatic heterocycles. The van der Waals surface area contributed by atoms with Crippen molar-refractivity contribution >= 4 is 44.7 Å². The van der Waals surface area contributed by atoms with E-state index in [4.69, 9.17) is 27.9 Å². The summed E-state index contributed by atoms with van der Waals surface area (Å²) in [5.41, 5.74) is -0.0533. The smallest absolute Gasteiger partial charge is 0.267 e. The van der Waals surface area contributed by atoms with E-state index in [1.54, 1.807) is 0 Å². The number of aromatic nitrogens is 1. The number of likely N-dealkylation sites (tertiary alicyclic amines) is 1. The monoisotopic (exact) mass is 546 g/mol. The molecule has 0 amide bonds. The van der Waals surface area contributed by atoms with E-state index in [-0.39, 0.29) is 27.5 Å². The highest BCUT2D eigenvalue weighted by Gasteiger charge is 2.55. The summed E-state index contributed by atoms with van der Waals surface area (Å²) in [4.78, 5) is 7.00. The van der Waals surface area contributed by atoms with Gasteiger partial charge in [-0.25, -0.2) is 17.8 Å². The lowest BCUT2D eigenvalue weighted by atomic mass is 9.83. The molecule has 12 heteroatoms. The molecule has 3 fully saturated rings. The zero-order valence-corrected chi connectivity index (χ0v) is 21.4. The van der Waals surface area contributed by atoms with Crippen LogP contribution in [0.1, 0.15) is 26.2 Å². The molecule has 5 rings (SSSR count). The lowest BCUT2D eigenvalue weighted by molar-refractivity contribution is -0.0656. The highest BCUT2D eigenvalue weighted by molar-refractivity contribution is 7.92. The Balaban J connectivity index is 1.37. The minimum absolute atomic E-state index is 0.281. The number of nitrogens with zero attached hydrogens (tertiary/aromatic N) is 3. The molecule has 2 atom stereocenters. The van der Waals surface area contributed by atoms with Crippen LogP contribution in [0.15, 0.2) is 29.2 Å². The first-order chi connectivity index (χ1) is 16.6. The molecule has 3 aliphatic rings. The fourth-order valence-corrected chi connectivity index (χ4v) is 7.49. The highest BCUT2D eigenvalue weighted by Crippen LogP contribution is 2.46. The average molecular weight is 547 g/mol. The molecule has 0 aliphatic carbocycles. The van der Waals surface area contributed by atoms with Gasteiger partial charge in [0, 0.05) is 19.2 Å². The van der Waals surface area contributed by atoms with Crippen LogP contribution >= 0.6 is 23.2 Å². The third-order valence-electron chi connectivity index (χ3n) is 7.10. The van der Waals surface area contributed by atoms with Crippen molar-refractivity contribution in [1.82, 2.24) is 9.88 Å². The van der Waals surface area contributed by atoms with Crippen molar-refractivity contribution in [1.29, 1.82) is 0 Å². The summed E-state index contributed by atoms with van der Waals surface area (Å²) in [6, 6.07) is 5.20. The van der Waals surface area contributed by atoms with Crippen molar-refractivity contribution in [2.75, 3.05) is 42.4 Å². The van der Waals surface area contributed by atoms with Crippen LogP contribution in [0.25, 0.3) is 0 Å². The van der Waals surface area contributed by atoms with Crippen molar-refractivity contribution in [2.24, 2.45) is 5.92 Å². The quantitative estimate of drug-likeness (QED) is 0.438. The van der Waals surface area contributed by atoms with Gasteiger partial charge in [-0.3, -0.25) is 9.62 Å². The molecule has 1 aromatic heterocycles. The number of hydrogen-bond acceptors (Lipinski definition) is 6. The van der Waals surface area contributed by atoms with Crippen molar-refractivity contribution in [3.63, 3.8) is 0 Å². The molecule has 0 bridgehead atoms. The van der Waals surface area contributed by atoms with Crippen molar-refractivity contribution in [3.8, 4) is 0 Å². The van der Waals surface area contributed by atoms with E-state index >= 15 is 4.39 Å². The molecule has 35 heavy (non-hydrogen) atoms. The van der Waals surface area contributed by atoms with Crippen LogP contribution in [-0.4, -0.2) is 62.7 Å². The Morgan fingerprint density at radius 2 is 2.00 bits per heavy atom. The molecule has 4 heterocycles. The SMILES string of the molecule is C[C@@H]1CCCN([C@H]2CCOC23CN(c2cc(Cl)c(S(=O)(=O)Nc4cccc(F)n4)c(F)c2Cl)C3)C1. The van der Waals surface area contributed by atoms with Gasteiger partial charge in [0.25, 0.3) is 10.0 Å². The van der Waals surface area contributed by atoms with Gasteiger partial charge in [-0.05, 0) is 49.9 Å². The van der Waals surface area contributed by atoms with Gasteiger partial charge < -0.3 is 9.64 Å². The fourth-order valence-electron chi connectivity index (χ4n) is 5.53. The van der Waals surface area contributed by atoms with Gasteiger partial charge >= 0.3 is 0 Å². The lowest BCUT2D eigenvalue weighted by Crippen LogP contribution is -2.70. The molecule has 2 aromatic rings. The molecule has 0 unspecified atom stereocenters. The summed E-state index contributed by atoms with van der Waals surface area (Å²) in [6.07, 6.45) is 3.34. The highest BCUT2D eigenvalue weighted by atomic mass is 35.5. The van der Waals surface area contributed by atoms with Crippen LogP contribution in [0.4, 0.5) is 20.3 Å². The van der Waals surface area contributed by atoms with Crippen LogP contribution in [0.2, 0.25) is 10.0 Å². The largest absolute Gasteiger partial charge is 0.370 e. The Labute approximate surface area is 213 Å². The zero-order chi connectivity index (χ0) is 25.0. The first-order valence-corrected chi connectivity index (χ1v) is 13.8. The fraction of sp³-hybridized carbons (Fsp3) is 0.522. The normalized spacial score (nSPS) is 24.5. The number of halogens is 4. The molecule has 7 nitrogen and oxygen atoms in total. The van der Waals surface area contributed by atoms with E-state index in [9.17, 15) is 12.8 Å². The third kappa shape index (κ3) is 4.59. The standard InChI is InChI=1S/C23H26Cl2F2N4O3S/c1-14-4-3-8-30(11-14)17-7-9-34-23(17)12-31(13-23)16-10-15(24)22(21(27)20(16)25)35(32,33)29-19-6-2-5-18(26)28-19/h2,5-6,10,14,17H,3-4,7-9,11-13H2,1H3,(H,28,29)/t14-,17+/m1/s1. The first kappa shape index (κ1) is 25.0. The van der Waals surface area contributed by atoms with Crippen molar-refractivity contribution in [2.45, 2.75) is 42.7 Å². The second-order valence-corrected chi connectivity index (χ2v) is 12.0. The van der Waals surface area contributed by atoms with Gasteiger partial charge in [-0.1, -0.05) is 36.2 Å². The van der Waals surface area contributed by atoms with Crippen molar-refractivity contribution < 1.29 is 21.9 Å². The van der Waals surface area contributed by atoms with E-state index in [0.29, 0.717) is 31.3 Å². The van der Waals surface area contributed by atoms with Crippen LogP contribution < -0.4 is 9.62 Å². The number of anilines is 2. The summed E-state index contributed by atoms with van der Waals surface area (Å²) in [5.74, 6) is -1.72. The second-order valence-electron chi connectivity index (χ2n) is 9.60. The van der Waals surface area contributed by atoms with E-state index in [1.807, 2.05) is 9.62 Å². The zero-order valence-electron chi connectivity index (χ0n) is 19.1. The average Bonchev–Trinajstić information content (AvgIpc) is 3.20. The van der Waals surface area contributed by atoms with E-state index in [2.05, 4.69) is 16.8 Å². The number of nitrogens with one attached hydrogen (secondary N) is 1. The molecule has 190 valence electrons. The molecule has 1 aromatic carbocycles. The summed E-state index contributed by atoms with van der Waals surface area (Å²) >= 11 is 12.6. The maximum atomic E-state index is 15.3. The Hall–Kier alpha value is -1.72. The van der Waals surface area contributed by atoms with Crippen LogP contribution in [0, 0.1) is 17.7 Å². The van der Waals surface area contributed by atoms with Gasteiger partial charge in [0.1, 0.15) is 21.3 Å². The number of piperidine rings is 1. The Morgan fingerprint density at radius 3 is 2.71 bits per heavy atom. The van der Waals surface area contributed by atoms with Gasteiger partial charge in [0.2, 0.25) is 5.95 Å². The van der Waals surface area contributed by atoms with E-state index in [0.717, 1.165) is 25.6 Å². The van der Waals surface area contributed by atoms with Gasteiger partial charge in [-0.15, -0.1) is 0 Å². The molecule has 1 spiro atoms. The Bertz CT molecular complexity index is 1240. The number of sulfonamides is 1. The third-order valence-corrected chi connectivity index (χ3v) is 9.28. The van der Waals surface area contributed by atoms with Gasteiger partial charge in [0.05, 0.1) is 23.8 Å². The van der Waals surface area contributed by atoms with Gasteiger partial charge in [0.15, 0.2) is 5.82 Å². The molecular formula is C23H26Cl2F2N4O3S. The second kappa shape index (κ2) is 9.30. The Morgan fingerprint density at radius 1 is 1.23 bits per heavy atom. The topological polar surface area (TPSA) is 74.8 Å². The first-order valence-electron chi connectivity index (χ1n) is 11.6. The summed E-state index contributed by atoms with van der Waals surface area (Å²) in [5, 5.41) is -0.682.